The molecule has 1 aromatic rings. The summed E-state index contributed by atoms with van der Waals surface area (Å²) in [7, 11) is -1.70. The van der Waals surface area contributed by atoms with Crippen LogP contribution in [0.25, 0.3) is 0 Å². The summed E-state index contributed by atoms with van der Waals surface area (Å²) in [5.74, 6) is -1.14. The summed E-state index contributed by atoms with van der Waals surface area (Å²) in [6, 6.07) is 5.56. The number of hydrogen-bond acceptors (Lipinski definition) is 4. The van der Waals surface area contributed by atoms with Crippen molar-refractivity contribution in [2.24, 2.45) is 0 Å². The van der Waals surface area contributed by atoms with E-state index in [9.17, 15) is 13.2 Å². The van der Waals surface area contributed by atoms with Crippen molar-refractivity contribution >= 4 is 16.0 Å². The van der Waals surface area contributed by atoms with E-state index in [2.05, 4.69) is 9.62 Å². The van der Waals surface area contributed by atoms with E-state index in [-0.39, 0.29) is 16.5 Å². The number of carboxylic acid groups (broad SMARTS) is 1. The van der Waals surface area contributed by atoms with Crippen molar-refractivity contribution in [3.05, 3.63) is 29.8 Å². The molecule has 0 aliphatic carbocycles. The highest BCUT2D eigenvalue weighted by molar-refractivity contribution is 7.89. The van der Waals surface area contributed by atoms with Crippen molar-refractivity contribution in [1.29, 1.82) is 0 Å². The van der Waals surface area contributed by atoms with Gasteiger partial charge in [-0.05, 0) is 44.6 Å². The lowest BCUT2D eigenvalue weighted by molar-refractivity contribution is 0.0696. The summed E-state index contributed by atoms with van der Waals surface area (Å²) < 4.78 is 26.8. The molecule has 0 aromatic heterocycles. The minimum atomic E-state index is -3.67. The van der Waals surface area contributed by atoms with Crippen molar-refractivity contribution in [3.8, 4) is 0 Å². The van der Waals surface area contributed by atoms with Crippen LogP contribution in [0.2, 0.25) is 0 Å². The van der Waals surface area contributed by atoms with Gasteiger partial charge in [-0.15, -0.1) is 0 Å². The van der Waals surface area contributed by atoms with Crippen LogP contribution in [0.15, 0.2) is 29.2 Å². The van der Waals surface area contributed by atoms with Crippen LogP contribution >= 0.6 is 0 Å². The number of likely N-dealkylation sites (tertiary alicyclic amines) is 1. The first-order chi connectivity index (χ1) is 9.40. The Balaban J connectivity index is 2.10. The summed E-state index contributed by atoms with van der Waals surface area (Å²) in [6.07, 6.45) is 2.03. The summed E-state index contributed by atoms with van der Waals surface area (Å²) in [4.78, 5) is 13.0. The molecular weight excluding hydrogens is 280 g/mol. The molecule has 0 amide bonds. The Bertz CT molecular complexity index is 600. The lowest BCUT2D eigenvalue weighted by Gasteiger charge is -2.19. The first-order valence-electron chi connectivity index (χ1n) is 6.43. The Morgan fingerprint density at radius 3 is 2.85 bits per heavy atom. The fourth-order valence-corrected chi connectivity index (χ4v) is 3.44. The van der Waals surface area contributed by atoms with Crippen LogP contribution in [0.3, 0.4) is 0 Å². The summed E-state index contributed by atoms with van der Waals surface area (Å²) in [5, 5.41) is 8.89. The second kappa shape index (κ2) is 5.90. The number of carbonyl (C=O) groups is 1. The summed E-state index contributed by atoms with van der Waals surface area (Å²) in [6.45, 7) is 1.32. The number of aromatic carboxylic acids is 1. The van der Waals surface area contributed by atoms with E-state index in [4.69, 9.17) is 5.11 Å². The molecule has 0 saturated carbocycles. The van der Waals surface area contributed by atoms with E-state index in [1.807, 2.05) is 7.05 Å². The standard InChI is InChI=1S/C13H18N2O4S/c1-15-7-3-5-11(15)9-14-20(18,19)12-6-2-4-10(8-12)13(16)17/h2,4,6,8,11,14H,3,5,7,9H2,1H3,(H,16,17)/t11-/m0/s1. The second-order valence-corrected chi connectivity index (χ2v) is 6.73. The van der Waals surface area contributed by atoms with Gasteiger partial charge in [0, 0.05) is 12.6 Å². The van der Waals surface area contributed by atoms with Crippen LogP contribution in [0.1, 0.15) is 23.2 Å². The third-order valence-corrected chi connectivity index (χ3v) is 4.99. The van der Waals surface area contributed by atoms with Gasteiger partial charge >= 0.3 is 5.97 Å². The molecule has 1 aliphatic rings. The smallest absolute Gasteiger partial charge is 0.335 e. The first-order valence-corrected chi connectivity index (χ1v) is 7.92. The molecule has 1 atom stereocenters. The molecule has 7 heteroatoms. The van der Waals surface area contributed by atoms with Crippen LogP contribution in [-0.4, -0.2) is 50.6 Å². The lowest BCUT2D eigenvalue weighted by atomic mass is 10.2. The molecule has 6 nitrogen and oxygen atoms in total. The Morgan fingerprint density at radius 2 is 2.25 bits per heavy atom. The van der Waals surface area contributed by atoms with E-state index >= 15 is 0 Å². The average Bonchev–Trinajstić information content (AvgIpc) is 2.82. The highest BCUT2D eigenvalue weighted by Gasteiger charge is 2.23. The van der Waals surface area contributed by atoms with Gasteiger partial charge in [0.2, 0.25) is 10.0 Å². The minimum absolute atomic E-state index is 0.0157. The first kappa shape index (κ1) is 15.0. The third kappa shape index (κ3) is 3.36. The van der Waals surface area contributed by atoms with Crippen LogP contribution < -0.4 is 4.72 Å². The molecule has 20 heavy (non-hydrogen) atoms. The maximum absolute atomic E-state index is 12.1. The number of nitrogens with one attached hydrogen (secondary N) is 1. The van der Waals surface area contributed by atoms with Gasteiger partial charge in [0.15, 0.2) is 0 Å². The monoisotopic (exact) mass is 298 g/mol. The number of benzene rings is 1. The molecule has 110 valence electrons. The maximum Gasteiger partial charge on any atom is 0.335 e. The van der Waals surface area contributed by atoms with Crippen LogP contribution in [-0.2, 0) is 10.0 Å². The molecular formula is C13H18N2O4S. The average molecular weight is 298 g/mol. The number of carboxylic acids is 1. The molecule has 1 aromatic carbocycles. The topological polar surface area (TPSA) is 86.7 Å². The molecule has 2 N–H and O–H groups in total. The zero-order chi connectivity index (χ0) is 14.8. The van der Waals surface area contributed by atoms with Crippen LogP contribution in [0, 0.1) is 0 Å². The predicted molar refractivity (Wildman–Crippen MR) is 74.2 cm³/mol. The summed E-state index contributed by atoms with van der Waals surface area (Å²) in [5.41, 5.74) is -0.0362. The highest BCUT2D eigenvalue weighted by atomic mass is 32.2. The summed E-state index contributed by atoms with van der Waals surface area (Å²) >= 11 is 0. The zero-order valence-electron chi connectivity index (χ0n) is 11.2. The fraction of sp³-hybridized carbons (Fsp3) is 0.462. The normalized spacial score (nSPS) is 20.1. The van der Waals surface area contributed by atoms with Gasteiger partial charge in [0.1, 0.15) is 0 Å². The Hall–Kier alpha value is -1.44. The SMILES string of the molecule is CN1CCC[C@H]1CNS(=O)(=O)c1cccc(C(=O)O)c1. The molecule has 0 radical (unpaired) electrons. The second-order valence-electron chi connectivity index (χ2n) is 4.96. The molecule has 0 spiro atoms. The minimum Gasteiger partial charge on any atom is -0.478 e. The lowest BCUT2D eigenvalue weighted by Crippen LogP contribution is -2.38. The van der Waals surface area contributed by atoms with E-state index in [0.29, 0.717) is 6.54 Å². The molecule has 0 bridgehead atoms. The quantitative estimate of drug-likeness (QED) is 0.838. The fourth-order valence-electron chi connectivity index (χ4n) is 2.32. The Kier molecular flexibility index (Phi) is 4.42. The van der Waals surface area contributed by atoms with E-state index in [0.717, 1.165) is 19.4 Å². The zero-order valence-corrected chi connectivity index (χ0v) is 12.1. The van der Waals surface area contributed by atoms with Gasteiger partial charge in [-0.1, -0.05) is 6.07 Å². The van der Waals surface area contributed by atoms with Crippen LogP contribution in [0.5, 0.6) is 0 Å². The molecule has 1 heterocycles. The van der Waals surface area contributed by atoms with Crippen LogP contribution in [0.4, 0.5) is 0 Å². The predicted octanol–water partition coefficient (Wildman–Crippen LogP) is 0.757. The van der Waals surface area contributed by atoms with Gasteiger partial charge in [-0.3, -0.25) is 0 Å². The van der Waals surface area contributed by atoms with Gasteiger partial charge in [-0.25, -0.2) is 17.9 Å². The van der Waals surface area contributed by atoms with E-state index in [1.165, 1.54) is 24.3 Å². The van der Waals surface area contributed by atoms with Crippen molar-refractivity contribution in [3.63, 3.8) is 0 Å². The van der Waals surface area contributed by atoms with Gasteiger partial charge in [-0.2, -0.15) is 0 Å². The largest absolute Gasteiger partial charge is 0.478 e. The number of sulfonamides is 1. The highest BCUT2D eigenvalue weighted by Crippen LogP contribution is 2.16. The number of hydrogen-bond donors (Lipinski definition) is 2. The van der Waals surface area contributed by atoms with Crippen molar-refractivity contribution in [1.82, 2.24) is 9.62 Å². The number of likely N-dealkylation sites (N-methyl/N-ethyl adjacent to an activating group) is 1. The Morgan fingerprint density at radius 1 is 1.50 bits per heavy atom. The van der Waals surface area contributed by atoms with E-state index in [1.54, 1.807) is 0 Å². The molecule has 2 rings (SSSR count). The number of nitrogens with zero attached hydrogens (tertiary/aromatic N) is 1. The van der Waals surface area contributed by atoms with Gasteiger partial charge < -0.3 is 10.0 Å². The maximum atomic E-state index is 12.1. The molecule has 1 fully saturated rings. The van der Waals surface area contributed by atoms with Crippen molar-refractivity contribution in [2.45, 2.75) is 23.8 Å². The molecule has 1 saturated heterocycles. The molecule has 0 unspecified atom stereocenters. The van der Waals surface area contributed by atoms with E-state index < -0.39 is 16.0 Å². The van der Waals surface area contributed by atoms with Crippen molar-refractivity contribution < 1.29 is 18.3 Å². The Labute approximate surface area is 118 Å². The van der Waals surface area contributed by atoms with Crippen molar-refractivity contribution in [2.75, 3.05) is 20.1 Å². The number of rotatable bonds is 5. The molecule has 1 aliphatic heterocycles. The third-order valence-electron chi connectivity index (χ3n) is 3.57. The van der Waals surface area contributed by atoms with Gasteiger partial charge in [0.25, 0.3) is 0 Å². The van der Waals surface area contributed by atoms with Gasteiger partial charge in [0.05, 0.1) is 10.5 Å².